The number of hydrogen-bond acceptors (Lipinski definition) is 2. The zero-order chi connectivity index (χ0) is 24.2. The molecule has 1 N–H and O–H groups in total. The fraction of sp³-hybridized carbons (Fsp3) is 0.156. The maximum absolute atomic E-state index is 13.0. The van der Waals surface area contributed by atoms with Gasteiger partial charge in [0, 0.05) is 18.2 Å². The zero-order valence-electron chi connectivity index (χ0n) is 20.2. The molecule has 5 rings (SSSR count). The molecule has 1 unspecified atom stereocenters. The molecule has 0 radical (unpaired) electrons. The van der Waals surface area contributed by atoms with Crippen molar-refractivity contribution in [1.29, 1.82) is 0 Å². The lowest BCUT2D eigenvalue weighted by Gasteiger charge is -2.25. The first-order valence-electron chi connectivity index (χ1n) is 12.1. The number of nitrogens with one attached hydrogen (secondary N) is 1. The number of carbonyl (C=O) groups excluding carboxylic acids is 1. The molecular formula is C32H30N2O. The summed E-state index contributed by atoms with van der Waals surface area (Å²) in [5.41, 5.74) is 4.11. The van der Waals surface area contributed by atoms with E-state index in [2.05, 4.69) is 109 Å². The first kappa shape index (κ1) is 22.8. The number of rotatable bonds is 7. The number of benzene rings is 5. The Morgan fingerprint density at radius 3 is 2.03 bits per heavy atom. The number of fused-ring (bicyclic) bond motifs is 2. The molecule has 1 amide bonds. The van der Waals surface area contributed by atoms with Crippen LogP contribution in [0.15, 0.2) is 109 Å². The molecule has 0 heterocycles. The maximum atomic E-state index is 13.0. The SMILES string of the molecule is CN(C)C(CCNC(=O)c1cccc(-c2ccc3ccccc3c2)c1)c1ccc2ccccc2c1. The second kappa shape index (κ2) is 10.1. The van der Waals surface area contributed by atoms with E-state index in [1.807, 2.05) is 24.3 Å². The summed E-state index contributed by atoms with van der Waals surface area (Å²) in [6.45, 7) is 0.606. The van der Waals surface area contributed by atoms with E-state index in [4.69, 9.17) is 0 Å². The topological polar surface area (TPSA) is 32.3 Å². The third-order valence-electron chi connectivity index (χ3n) is 6.69. The van der Waals surface area contributed by atoms with Gasteiger partial charge in [-0.1, -0.05) is 84.9 Å². The second-order valence-electron chi connectivity index (χ2n) is 9.27. The summed E-state index contributed by atoms with van der Waals surface area (Å²) in [5, 5.41) is 8.03. The molecule has 5 aromatic carbocycles. The molecule has 5 aromatic rings. The Morgan fingerprint density at radius 1 is 0.686 bits per heavy atom. The van der Waals surface area contributed by atoms with Crippen molar-refractivity contribution in [3.63, 3.8) is 0 Å². The van der Waals surface area contributed by atoms with Gasteiger partial charge < -0.3 is 10.2 Å². The summed E-state index contributed by atoms with van der Waals surface area (Å²) in [7, 11) is 4.18. The van der Waals surface area contributed by atoms with Gasteiger partial charge in [0.25, 0.3) is 5.91 Å². The van der Waals surface area contributed by atoms with Gasteiger partial charge in [-0.15, -0.1) is 0 Å². The van der Waals surface area contributed by atoms with Crippen LogP contribution in [0, 0.1) is 0 Å². The summed E-state index contributed by atoms with van der Waals surface area (Å²) in [6.07, 6.45) is 0.835. The molecule has 0 aliphatic carbocycles. The van der Waals surface area contributed by atoms with Gasteiger partial charge in [0.1, 0.15) is 0 Å². The molecule has 0 aromatic heterocycles. The van der Waals surface area contributed by atoms with E-state index >= 15 is 0 Å². The van der Waals surface area contributed by atoms with Crippen molar-refractivity contribution in [2.24, 2.45) is 0 Å². The van der Waals surface area contributed by atoms with Crippen LogP contribution in [0.4, 0.5) is 0 Å². The van der Waals surface area contributed by atoms with Crippen molar-refractivity contribution in [3.8, 4) is 11.1 Å². The highest BCUT2D eigenvalue weighted by molar-refractivity contribution is 5.96. The molecule has 0 aliphatic rings. The van der Waals surface area contributed by atoms with E-state index in [1.54, 1.807) is 0 Å². The average Bonchev–Trinajstić information content (AvgIpc) is 2.90. The van der Waals surface area contributed by atoms with Crippen LogP contribution < -0.4 is 5.32 Å². The van der Waals surface area contributed by atoms with Crippen molar-refractivity contribution in [2.45, 2.75) is 12.5 Å². The van der Waals surface area contributed by atoms with Crippen LogP contribution in [0.5, 0.6) is 0 Å². The van der Waals surface area contributed by atoms with E-state index in [9.17, 15) is 4.79 Å². The van der Waals surface area contributed by atoms with Crippen LogP contribution in [0.2, 0.25) is 0 Å². The van der Waals surface area contributed by atoms with Crippen molar-refractivity contribution in [2.75, 3.05) is 20.6 Å². The molecular weight excluding hydrogens is 428 g/mol. The molecule has 0 saturated heterocycles. The van der Waals surface area contributed by atoms with Crippen LogP contribution in [-0.2, 0) is 0 Å². The Morgan fingerprint density at radius 2 is 1.31 bits per heavy atom. The third-order valence-corrected chi connectivity index (χ3v) is 6.69. The van der Waals surface area contributed by atoms with Crippen molar-refractivity contribution in [1.82, 2.24) is 10.2 Å². The molecule has 174 valence electrons. The van der Waals surface area contributed by atoms with Gasteiger partial charge >= 0.3 is 0 Å². The van der Waals surface area contributed by atoms with Gasteiger partial charge in [0.2, 0.25) is 0 Å². The number of carbonyl (C=O) groups is 1. The highest BCUT2D eigenvalue weighted by atomic mass is 16.1. The molecule has 0 bridgehead atoms. The Labute approximate surface area is 207 Å². The molecule has 35 heavy (non-hydrogen) atoms. The highest BCUT2D eigenvalue weighted by Gasteiger charge is 2.15. The van der Waals surface area contributed by atoms with Gasteiger partial charge in [-0.25, -0.2) is 0 Å². The third kappa shape index (κ3) is 5.11. The lowest BCUT2D eigenvalue weighted by Crippen LogP contribution is -2.29. The van der Waals surface area contributed by atoms with E-state index in [0.717, 1.165) is 17.5 Å². The largest absolute Gasteiger partial charge is 0.352 e. The van der Waals surface area contributed by atoms with Gasteiger partial charge in [-0.3, -0.25) is 4.79 Å². The van der Waals surface area contributed by atoms with E-state index < -0.39 is 0 Å². The summed E-state index contributed by atoms with van der Waals surface area (Å²) in [4.78, 5) is 15.2. The summed E-state index contributed by atoms with van der Waals surface area (Å²) < 4.78 is 0. The number of nitrogens with zero attached hydrogens (tertiary/aromatic N) is 1. The Bertz CT molecular complexity index is 1490. The fourth-order valence-electron chi connectivity index (χ4n) is 4.77. The minimum atomic E-state index is -0.0383. The summed E-state index contributed by atoms with van der Waals surface area (Å²) in [5.74, 6) is -0.0383. The predicted molar refractivity (Wildman–Crippen MR) is 147 cm³/mol. The van der Waals surface area contributed by atoms with Crippen molar-refractivity contribution < 1.29 is 4.79 Å². The van der Waals surface area contributed by atoms with Gasteiger partial charge in [-0.2, -0.15) is 0 Å². The van der Waals surface area contributed by atoms with Crippen LogP contribution >= 0.6 is 0 Å². The highest BCUT2D eigenvalue weighted by Crippen LogP contribution is 2.27. The average molecular weight is 459 g/mol. The first-order valence-corrected chi connectivity index (χ1v) is 12.1. The minimum Gasteiger partial charge on any atom is -0.352 e. The lowest BCUT2D eigenvalue weighted by molar-refractivity contribution is 0.0949. The van der Waals surface area contributed by atoms with Crippen molar-refractivity contribution in [3.05, 3.63) is 120 Å². The Hall–Kier alpha value is -3.95. The first-order chi connectivity index (χ1) is 17.1. The number of hydrogen-bond donors (Lipinski definition) is 1. The molecule has 3 nitrogen and oxygen atoms in total. The van der Waals surface area contributed by atoms with Crippen LogP contribution in [0.3, 0.4) is 0 Å². The van der Waals surface area contributed by atoms with Crippen LogP contribution in [-0.4, -0.2) is 31.4 Å². The summed E-state index contributed by atoms with van der Waals surface area (Å²) in [6, 6.07) is 37.9. The molecule has 0 aliphatic heterocycles. The molecule has 0 fully saturated rings. The predicted octanol–water partition coefficient (Wildman–Crippen LogP) is 7.08. The molecule has 1 atom stereocenters. The van der Waals surface area contributed by atoms with Crippen molar-refractivity contribution >= 4 is 27.5 Å². The smallest absolute Gasteiger partial charge is 0.251 e. The van der Waals surface area contributed by atoms with E-state index in [-0.39, 0.29) is 11.9 Å². The standard InChI is InChI=1S/C32H30N2O/c1-34(2)31(29-17-15-24-9-4-6-11-26(24)21-29)18-19-33-32(35)30-13-7-12-27(22-30)28-16-14-23-8-3-5-10-25(23)20-28/h3-17,20-22,31H,18-19H2,1-2H3,(H,33,35). The quantitative estimate of drug-likeness (QED) is 0.283. The van der Waals surface area contributed by atoms with Gasteiger partial charge in [-0.05, 0) is 83.0 Å². The maximum Gasteiger partial charge on any atom is 0.251 e. The van der Waals surface area contributed by atoms with E-state index in [1.165, 1.54) is 27.1 Å². The zero-order valence-corrected chi connectivity index (χ0v) is 20.2. The molecule has 0 saturated carbocycles. The lowest BCUT2D eigenvalue weighted by atomic mass is 9.98. The van der Waals surface area contributed by atoms with Crippen LogP contribution in [0.1, 0.15) is 28.4 Å². The normalized spacial score (nSPS) is 12.2. The Kier molecular flexibility index (Phi) is 6.60. The molecule has 0 spiro atoms. The fourth-order valence-corrected chi connectivity index (χ4v) is 4.77. The van der Waals surface area contributed by atoms with Gasteiger partial charge in [0.05, 0.1) is 0 Å². The monoisotopic (exact) mass is 458 g/mol. The molecule has 3 heteroatoms. The van der Waals surface area contributed by atoms with Crippen LogP contribution in [0.25, 0.3) is 32.7 Å². The summed E-state index contributed by atoms with van der Waals surface area (Å²) >= 11 is 0. The Balaban J connectivity index is 1.27. The van der Waals surface area contributed by atoms with E-state index in [0.29, 0.717) is 12.1 Å². The van der Waals surface area contributed by atoms with Gasteiger partial charge in [0.15, 0.2) is 0 Å². The number of amides is 1. The second-order valence-corrected chi connectivity index (χ2v) is 9.27. The minimum absolute atomic E-state index is 0.0383.